The predicted octanol–water partition coefficient (Wildman–Crippen LogP) is 4.63. The van der Waals surface area contributed by atoms with Crippen LogP contribution in [-0.4, -0.2) is 25.0 Å². The number of hydrogen-bond acceptors (Lipinski definition) is 5. The summed E-state index contributed by atoms with van der Waals surface area (Å²) in [5, 5.41) is 10.7. The SMILES string of the molecule is CCSc1nc2c(c(-c3cc(OC)ccc3OC)c1C#N)CCCC2. The van der Waals surface area contributed by atoms with Crippen molar-refractivity contribution in [3.8, 4) is 28.7 Å². The van der Waals surface area contributed by atoms with Crippen molar-refractivity contribution in [2.75, 3.05) is 20.0 Å². The monoisotopic (exact) mass is 354 g/mol. The third-order valence-corrected chi connectivity index (χ3v) is 5.37. The van der Waals surface area contributed by atoms with Crippen LogP contribution in [0.3, 0.4) is 0 Å². The van der Waals surface area contributed by atoms with Crippen LogP contribution in [0.1, 0.15) is 36.6 Å². The molecule has 0 spiro atoms. The molecule has 5 heteroatoms. The molecule has 0 fully saturated rings. The Balaban J connectivity index is 2.34. The molecule has 0 saturated heterocycles. The molecular formula is C20H22N2O2S. The van der Waals surface area contributed by atoms with Crippen molar-refractivity contribution in [2.45, 2.75) is 37.6 Å². The van der Waals surface area contributed by atoms with Crippen LogP contribution in [0.2, 0.25) is 0 Å². The standard InChI is InChI=1S/C20H22N2O2S/c1-4-25-20-16(12-21)19(14-7-5-6-8-17(14)22-20)15-11-13(23-2)9-10-18(15)24-3/h9-11H,4-8H2,1-3H3. The van der Waals surface area contributed by atoms with E-state index in [2.05, 4.69) is 13.0 Å². The summed E-state index contributed by atoms with van der Waals surface area (Å²) in [5.41, 5.74) is 4.85. The zero-order valence-corrected chi connectivity index (χ0v) is 15.7. The molecule has 0 radical (unpaired) electrons. The van der Waals surface area contributed by atoms with Crippen molar-refractivity contribution >= 4 is 11.8 Å². The van der Waals surface area contributed by atoms with Gasteiger partial charge in [0.1, 0.15) is 22.6 Å². The highest BCUT2D eigenvalue weighted by molar-refractivity contribution is 7.99. The fraction of sp³-hybridized carbons (Fsp3) is 0.400. The third-order valence-electron chi connectivity index (χ3n) is 4.51. The molecule has 0 bridgehead atoms. The van der Waals surface area contributed by atoms with Gasteiger partial charge in [-0.25, -0.2) is 4.98 Å². The van der Waals surface area contributed by atoms with Gasteiger partial charge in [-0.15, -0.1) is 11.8 Å². The Kier molecular flexibility index (Phi) is 5.50. The molecule has 0 amide bonds. The van der Waals surface area contributed by atoms with Gasteiger partial charge in [-0.05, 0) is 55.2 Å². The molecule has 0 atom stereocenters. The van der Waals surface area contributed by atoms with Crippen LogP contribution in [-0.2, 0) is 12.8 Å². The van der Waals surface area contributed by atoms with Crippen molar-refractivity contribution in [1.29, 1.82) is 5.26 Å². The summed E-state index contributed by atoms with van der Waals surface area (Å²) in [6, 6.07) is 8.15. The van der Waals surface area contributed by atoms with E-state index in [1.807, 2.05) is 18.2 Å². The fourth-order valence-corrected chi connectivity index (χ4v) is 4.11. The van der Waals surface area contributed by atoms with Gasteiger partial charge >= 0.3 is 0 Å². The lowest BCUT2D eigenvalue weighted by Gasteiger charge is -2.23. The number of ether oxygens (including phenoxy) is 2. The number of nitrogens with zero attached hydrogens (tertiary/aromatic N) is 2. The van der Waals surface area contributed by atoms with Crippen LogP contribution in [0.5, 0.6) is 11.5 Å². The third kappa shape index (κ3) is 3.32. The first-order chi connectivity index (χ1) is 12.2. The molecule has 1 heterocycles. The molecule has 1 aromatic heterocycles. The summed E-state index contributed by atoms with van der Waals surface area (Å²) in [6.45, 7) is 2.08. The van der Waals surface area contributed by atoms with Crippen LogP contribution in [0, 0.1) is 11.3 Å². The van der Waals surface area contributed by atoms with Crippen LogP contribution in [0.25, 0.3) is 11.1 Å². The molecule has 25 heavy (non-hydrogen) atoms. The Hall–Kier alpha value is -2.19. The highest BCUT2D eigenvalue weighted by Crippen LogP contribution is 2.42. The number of fused-ring (bicyclic) bond motifs is 1. The second kappa shape index (κ2) is 7.79. The number of hydrogen-bond donors (Lipinski definition) is 0. The number of methoxy groups -OCH3 is 2. The molecule has 3 rings (SSSR count). The van der Waals surface area contributed by atoms with Crippen molar-refractivity contribution in [3.05, 3.63) is 35.0 Å². The molecule has 1 aromatic carbocycles. The smallest absolute Gasteiger partial charge is 0.127 e. The van der Waals surface area contributed by atoms with Crippen LogP contribution < -0.4 is 9.47 Å². The van der Waals surface area contributed by atoms with Crippen molar-refractivity contribution in [2.24, 2.45) is 0 Å². The van der Waals surface area contributed by atoms with Gasteiger partial charge < -0.3 is 9.47 Å². The van der Waals surface area contributed by atoms with E-state index in [4.69, 9.17) is 14.5 Å². The minimum atomic E-state index is 0.652. The minimum Gasteiger partial charge on any atom is -0.497 e. The minimum absolute atomic E-state index is 0.652. The number of aryl methyl sites for hydroxylation is 1. The Morgan fingerprint density at radius 1 is 1.20 bits per heavy atom. The van der Waals surface area contributed by atoms with Crippen LogP contribution in [0.15, 0.2) is 23.2 Å². The fourth-order valence-electron chi connectivity index (χ4n) is 3.37. The molecule has 1 aliphatic rings. The van der Waals surface area contributed by atoms with Gasteiger partial charge in [0, 0.05) is 16.8 Å². The Morgan fingerprint density at radius 2 is 2.00 bits per heavy atom. The Bertz CT molecular complexity index is 827. The Morgan fingerprint density at radius 3 is 2.68 bits per heavy atom. The van der Waals surface area contributed by atoms with Gasteiger partial charge in [0.05, 0.1) is 19.8 Å². The number of nitriles is 1. The number of rotatable bonds is 5. The van der Waals surface area contributed by atoms with Crippen LogP contribution >= 0.6 is 11.8 Å². The first-order valence-electron chi connectivity index (χ1n) is 8.54. The Labute approximate surface area is 153 Å². The average Bonchev–Trinajstić information content (AvgIpc) is 2.66. The maximum atomic E-state index is 9.90. The summed E-state index contributed by atoms with van der Waals surface area (Å²) < 4.78 is 11.0. The lowest BCUT2D eigenvalue weighted by atomic mass is 9.86. The number of aromatic nitrogens is 1. The normalized spacial score (nSPS) is 13.0. The van der Waals surface area contributed by atoms with Crippen molar-refractivity contribution in [1.82, 2.24) is 4.98 Å². The van der Waals surface area contributed by atoms with E-state index in [1.165, 1.54) is 5.56 Å². The van der Waals surface area contributed by atoms with E-state index in [0.29, 0.717) is 5.56 Å². The molecule has 1 aliphatic carbocycles. The summed E-state index contributed by atoms with van der Waals surface area (Å²) >= 11 is 1.63. The van der Waals surface area contributed by atoms with E-state index < -0.39 is 0 Å². The number of thioether (sulfide) groups is 1. The van der Waals surface area contributed by atoms with Crippen LogP contribution in [0.4, 0.5) is 0 Å². The number of pyridine rings is 1. The molecule has 130 valence electrons. The van der Waals surface area contributed by atoms with Gasteiger partial charge in [-0.2, -0.15) is 5.26 Å². The van der Waals surface area contributed by atoms with Gasteiger partial charge in [0.25, 0.3) is 0 Å². The lowest BCUT2D eigenvalue weighted by molar-refractivity contribution is 0.404. The van der Waals surface area contributed by atoms with E-state index in [1.54, 1.807) is 26.0 Å². The molecule has 0 N–H and O–H groups in total. The zero-order chi connectivity index (χ0) is 17.8. The molecule has 0 unspecified atom stereocenters. The van der Waals surface area contributed by atoms with Gasteiger partial charge in [-0.1, -0.05) is 6.92 Å². The summed E-state index contributed by atoms with van der Waals surface area (Å²) in [4.78, 5) is 4.83. The molecule has 0 aliphatic heterocycles. The van der Waals surface area contributed by atoms with E-state index in [-0.39, 0.29) is 0 Å². The van der Waals surface area contributed by atoms with Gasteiger partial charge in [0.15, 0.2) is 0 Å². The average molecular weight is 354 g/mol. The van der Waals surface area contributed by atoms with Crippen molar-refractivity contribution in [3.63, 3.8) is 0 Å². The predicted molar refractivity (Wildman–Crippen MR) is 101 cm³/mol. The highest BCUT2D eigenvalue weighted by Gasteiger charge is 2.25. The molecule has 4 nitrogen and oxygen atoms in total. The largest absolute Gasteiger partial charge is 0.497 e. The maximum absolute atomic E-state index is 9.90. The second-order valence-corrected chi connectivity index (χ2v) is 7.16. The first kappa shape index (κ1) is 17.6. The van der Waals surface area contributed by atoms with Gasteiger partial charge in [-0.3, -0.25) is 0 Å². The number of benzene rings is 1. The van der Waals surface area contributed by atoms with E-state index >= 15 is 0 Å². The lowest BCUT2D eigenvalue weighted by Crippen LogP contribution is -2.11. The van der Waals surface area contributed by atoms with E-state index in [0.717, 1.165) is 64.8 Å². The zero-order valence-electron chi connectivity index (χ0n) is 14.9. The maximum Gasteiger partial charge on any atom is 0.127 e. The van der Waals surface area contributed by atoms with Crippen molar-refractivity contribution < 1.29 is 9.47 Å². The highest BCUT2D eigenvalue weighted by atomic mass is 32.2. The molecule has 2 aromatic rings. The second-order valence-electron chi connectivity index (χ2n) is 5.91. The molecule has 0 saturated carbocycles. The summed E-state index contributed by atoms with van der Waals surface area (Å²) in [7, 11) is 3.31. The topological polar surface area (TPSA) is 55.1 Å². The quantitative estimate of drug-likeness (QED) is 0.733. The summed E-state index contributed by atoms with van der Waals surface area (Å²) in [5.74, 6) is 2.39. The molecular weight excluding hydrogens is 332 g/mol. The first-order valence-corrected chi connectivity index (χ1v) is 9.53. The van der Waals surface area contributed by atoms with E-state index in [9.17, 15) is 5.26 Å². The van der Waals surface area contributed by atoms with Gasteiger partial charge in [0.2, 0.25) is 0 Å². The summed E-state index contributed by atoms with van der Waals surface area (Å²) in [6.07, 6.45) is 4.19.